The topological polar surface area (TPSA) is 38.5 Å². The maximum Gasteiger partial charge on any atom is 0.0594 e. The van der Waals surface area contributed by atoms with Crippen LogP contribution in [0.25, 0.3) is 0 Å². The highest BCUT2D eigenvalue weighted by Crippen LogP contribution is 2.23. The molecule has 0 saturated carbocycles. The Balaban J connectivity index is 0.00000196. The van der Waals surface area contributed by atoms with Crippen LogP contribution in [0.5, 0.6) is 0 Å². The van der Waals surface area contributed by atoms with Crippen molar-refractivity contribution in [3.63, 3.8) is 0 Å². The van der Waals surface area contributed by atoms with E-state index in [1.807, 2.05) is 0 Å². The third-order valence-corrected chi connectivity index (χ3v) is 2.63. The molecule has 15 heavy (non-hydrogen) atoms. The number of halogens is 1. The molecule has 1 rings (SSSR count). The van der Waals surface area contributed by atoms with Crippen molar-refractivity contribution in [3.8, 4) is 0 Å². The highest BCUT2D eigenvalue weighted by Gasteiger charge is 2.24. The molecule has 0 aromatic heterocycles. The fraction of sp³-hybridized carbons (Fsp3) is 1.00. The van der Waals surface area contributed by atoms with Crippen molar-refractivity contribution in [1.82, 2.24) is 4.90 Å². The minimum Gasteiger partial charge on any atom is -0.379 e. The standard InChI is InChI=1S/C11H24N2O.ClH/c1-10(12)8-11(2,3)9-13-4-6-14-7-5-13;/h10H,4-9,12H2,1-3H3;1H. The van der Waals surface area contributed by atoms with E-state index in [4.69, 9.17) is 10.5 Å². The number of ether oxygens (including phenoxy) is 1. The number of rotatable bonds is 4. The smallest absolute Gasteiger partial charge is 0.0594 e. The molecule has 4 heteroatoms. The van der Waals surface area contributed by atoms with E-state index in [0.29, 0.717) is 11.5 Å². The summed E-state index contributed by atoms with van der Waals surface area (Å²) in [4.78, 5) is 2.48. The average Bonchev–Trinajstić information content (AvgIpc) is 2.02. The number of morpholine rings is 1. The second-order valence-electron chi connectivity index (χ2n) is 5.23. The van der Waals surface area contributed by atoms with E-state index in [1.54, 1.807) is 0 Å². The molecule has 1 aliphatic rings. The summed E-state index contributed by atoms with van der Waals surface area (Å²) in [5, 5.41) is 0. The first-order valence-corrected chi connectivity index (χ1v) is 5.55. The first-order chi connectivity index (χ1) is 6.49. The van der Waals surface area contributed by atoms with E-state index in [2.05, 4.69) is 25.7 Å². The minimum atomic E-state index is 0. The Bertz CT molecular complexity index is 168. The molecule has 0 bridgehead atoms. The molecule has 0 aromatic rings. The van der Waals surface area contributed by atoms with Gasteiger partial charge in [-0.15, -0.1) is 12.4 Å². The van der Waals surface area contributed by atoms with Gasteiger partial charge in [0.25, 0.3) is 0 Å². The maximum atomic E-state index is 5.84. The normalized spacial score (nSPS) is 20.8. The van der Waals surface area contributed by atoms with Gasteiger partial charge in [-0.2, -0.15) is 0 Å². The van der Waals surface area contributed by atoms with Crippen molar-refractivity contribution in [2.45, 2.75) is 33.2 Å². The zero-order chi connectivity index (χ0) is 10.6. The monoisotopic (exact) mass is 236 g/mol. The number of nitrogens with zero attached hydrogens (tertiary/aromatic N) is 1. The second kappa shape index (κ2) is 6.69. The van der Waals surface area contributed by atoms with Crippen molar-refractivity contribution in [2.75, 3.05) is 32.8 Å². The minimum absolute atomic E-state index is 0. The van der Waals surface area contributed by atoms with Gasteiger partial charge in [0, 0.05) is 25.7 Å². The Kier molecular flexibility index (Phi) is 6.76. The summed E-state index contributed by atoms with van der Waals surface area (Å²) in [5.74, 6) is 0. The quantitative estimate of drug-likeness (QED) is 0.804. The Morgan fingerprint density at radius 1 is 1.33 bits per heavy atom. The van der Waals surface area contributed by atoms with Gasteiger partial charge in [-0.25, -0.2) is 0 Å². The lowest BCUT2D eigenvalue weighted by Gasteiger charge is -2.35. The Morgan fingerprint density at radius 2 is 1.87 bits per heavy atom. The third kappa shape index (κ3) is 6.36. The van der Waals surface area contributed by atoms with Crippen LogP contribution in [0.15, 0.2) is 0 Å². The fourth-order valence-electron chi connectivity index (χ4n) is 2.30. The van der Waals surface area contributed by atoms with E-state index in [0.717, 1.165) is 39.3 Å². The number of nitrogens with two attached hydrogens (primary N) is 1. The molecule has 1 heterocycles. The molecule has 92 valence electrons. The van der Waals surface area contributed by atoms with E-state index < -0.39 is 0 Å². The van der Waals surface area contributed by atoms with Crippen LogP contribution in [-0.4, -0.2) is 43.8 Å². The molecule has 2 N–H and O–H groups in total. The summed E-state index contributed by atoms with van der Waals surface area (Å²) in [7, 11) is 0. The number of hydrogen-bond donors (Lipinski definition) is 1. The fourth-order valence-corrected chi connectivity index (χ4v) is 2.30. The molecular formula is C11H25ClN2O. The molecule has 1 saturated heterocycles. The van der Waals surface area contributed by atoms with Gasteiger partial charge in [-0.05, 0) is 18.8 Å². The van der Waals surface area contributed by atoms with E-state index in [-0.39, 0.29) is 12.4 Å². The zero-order valence-electron chi connectivity index (χ0n) is 10.2. The van der Waals surface area contributed by atoms with Gasteiger partial charge in [0.05, 0.1) is 13.2 Å². The average molecular weight is 237 g/mol. The summed E-state index contributed by atoms with van der Waals surface area (Å²) >= 11 is 0. The molecule has 1 aliphatic heterocycles. The van der Waals surface area contributed by atoms with Crippen LogP contribution in [0.1, 0.15) is 27.2 Å². The third-order valence-electron chi connectivity index (χ3n) is 2.63. The first-order valence-electron chi connectivity index (χ1n) is 5.55. The van der Waals surface area contributed by atoms with Gasteiger partial charge in [-0.3, -0.25) is 4.90 Å². The van der Waals surface area contributed by atoms with Crippen molar-refractivity contribution in [1.29, 1.82) is 0 Å². The van der Waals surface area contributed by atoms with E-state index >= 15 is 0 Å². The molecule has 1 atom stereocenters. The summed E-state index contributed by atoms with van der Waals surface area (Å²) in [5.41, 5.74) is 6.17. The predicted octanol–water partition coefficient (Wildman–Crippen LogP) is 1.50. The summed E-state index contributed by atoms with van der Waals surface area (Å²) < 4.78 is 5.33. The van der Waals surface area contributed by atoms with E-state index in [1.165, 1.54) is 0 Å². The molecule has 3 nitrogen and oxygen atoms in total. The van der Waals surface area contributed by atoms with Crippen molar-refractivity contribution in [3.05, 3.63) is 0 Å². The predicted molar refractivity (Wildman–Crippen MR) is 66.6 cm³/mol. The van der Waals surface area contributed by atoms with Crippen molar-refractivity contribution in [2.24, 2.45) is 11.1 Å². The Labute approximate surface area is 99.7 Å². The van der Waals surface area contributed by atoms with Crippen molar-refractivity contribution < 1.29 is 4.74 Å². The van der Waals surface area contributed by atoms with Crippen LogP contribution >= 0.6 is 12.4 Å². The lowest BCUT2D eigenvalue weighted by Crippen LogP contribution is -2.43. The van der Waals surface area contributed by atoms with Crippen LogP contribution in [0.2, 0.25) is 0 Å². The zero-order valence-corrected chi connectivity index (χ0v) is 11.0. The molecular weight excluding hydrogens is 212 g/mol. The van der Waals surface area contributed by atoms with Gasteiger partial charge < -0.3 is 10.5 Å². The molecule has 1 unspecified atom stereocenters. The molecule has 0 spiro atoms. The molecule has 0 amide bonds. The van der Waals surface area contributed by atoms with Crippen LogP contribution in [0.4, 0.5) is 0 Å². The maximum absolute atomic E-state index is 5.84. The molecule has 0 aliphatic carbocycles. The van der Waals surface area contributed by atoms with Crippen LogP contribution in [0, 0.1) is 5.41 Å². The Hall–Kier alpha value is 0.170. The summed E-state index contributed by atoms with van der Waals surface area (Å²) in [6.07, 6.45) is 1.09. The molecule has 0 radical (unpaired) electrons. The largest absolute Gasteiger partial charge is 0.379 e. The number of hydrogen-bond acceptors (Lipinski definition) is 3. The SMILES string of the molecule is CC(N)CC(C)(C)CN1CCOCC1.Cl. The second-order valence-corrected chi connectivity index (χ2v) is 5.23. The van der Waals surface area contributed by atoms with Crippen LogP contribution in [0.3, 0.4) is 0 Å². The van der Waals surface area contributed by atoms with Gasteiger partial charge >= 0.3 is 0 Å². The highest BCUT2D eigenvalue weighted by atomic mass is 35.5. The summed E-state index contributed by atoms with van der Waals surface area (Å²) in [6.45, 7) is 11.7. The van der Waals surface area contributed by atoms with Gasteiger partial charge in [0.15, 0.2) is 0 Å². The van der Waals surface area contributed by atoms with Gasteiger partial charge in [0.2, 0.25) is 0 Å². The van der Waals surface area contributed by atoms with Gasteiger partial charge in [-0.1, -0.05) is 13.8 Å². The molecule has 0 aromatic carbocycles. The van der Waals surface area contributed by atoms with Gasteiger partial charge in [0.1, 0.15) is 0 Å². The van der Waals surface area contributed by atoms with Crippen LogP contribution in [-0.2, 0) is 4.74 Å². The lowest BCUT2D eigenvalue weighted by molar-refractivity contribution is 0.0193. The Morgan fingerprint density at radius 3 is 2.33 bits per heavy atom. The summed E-state index contributed by atoms with van der Waals surface area (Å²) in [6, 6.07) is 0.297. The van der Waals surface area contributed by atoms with Crippen LogP contribution < -0.4 is 5.73 Å². The molecule has 1 fully saturated rings. The van der Waals surface area contributed by atoms with Crippen molar-refractivity contribution >= 4 is 12.4 Å². The highest BCUT2D eigenvalue weighted by molar-refractivity contribution is 5.85. The lowest BCUT2D eigenvalue weighted by atomic mass is 9.85. The van der Waals surface area contributed by atoms with E-state index in [9.17, 15) is 0 Å². The first kappa shape index (κ1) is 15.2.